The summed E-state index contributed by atoms with van der Waals surface area (Å²) in [6.45, 7) is 3.99. The topological polar surface area (TPSA) is 89.2 Å². The zero-order valence-corrected chi connectivity index (χ0v) is 20.9. The maximum absolute atomic E-state index is 12.4. The number of para-hydroxylation sites is 1. The number of alkyl halides is 3. The van der Waals surface area contributed by atoms with Gasteiger partial charge in [-0.2, -0.15) is 5.10 Å². The monoisotopic (exact) mass is 535 g/mol. The van der Waals surface area contributed by atoms with Crippen molar-refractivity contribution in [2.24, 2.45) is 5.10 Å². The Kier molecular flexibility index (Phi) is 6.64. The second-order valence-electron chi connectivity index (χ2n) is 8.34. The molecule has 38 heavy (non-hydrogen) atoms. The molecule has 0 atom stereocenters. The van der Waals surface area contributed by atoms with Crippen LogP contribution in [0.4, 0.5) is 18.9 Å². The molecule has 0 saturated heterocycles. The number of aryl methyl sites for hydroxylation is 2. The molecule has 0 aliphatic heterocycles. The minimum Gasteiger partial charge on any atom is -0.406 e. The third kappa shape index (κ3) is 5.39. The lowest BCUT2D eigenvalue weighted by Gasteiger charge is -2.12. The zero-order chi connectivity index (χ0) is 26.9. The maximum atomic E-state index is 12.4. The van der Waals surface area contributed by atoms with E-state index in [2.05, 4.69) is 35.5 Å². The normalized spacial score (nSPS) is 11.8. The molecule has 12 heteroatoms. The third-order valence-corrected chi connectivity index (χ3v) is 5.90. The van der Waals surface area contributed by atoms with Gasteiger partial charge < -0.3 is 10.1 Å². The van der Waals surface area contributed by atoms with Gasteiger partial charge in [-0.05, 0) is 73.6 Å². The van der Waals surface area contributed by atoms with Crippen LogP contribution in [-0.2, 0) is 0 Å². The predicted octanol–water partition coefficient (Wildman–Crippen LogP) is 5.80. The van der Waals surface area contributed by atoms with Crippen molar-refractivity contribution >= 4 is 51.2 Å². The van der Waals surface area contributed by atoms with Crippen molar-refractivity contribution in [1.29, 1.82) is 0 Å². The zero-order valence-electron chi connectivity index (χ0n) is 20.1. The number of benzene rings is 3. The number of ether oxygens (including phenoxy) is 1. The number of hydrogen-bond acceptors (Lipinski definition) is 6. The van der Waals surface area contributed by atoms with Crippen LogP contribution in [0.3, 0.4) is 0 Å². The Hall–Kier alpha value is -4.58. The molecule has 0 saturated carbocycles. The van der Waals surface area contributed by atoms with E-state index in [9.17, 15) is 13.2 Å². The molecular formula is C26H20F3N7OS. The lowest BCUT2D eigenvalue weighted by molar-refractivity contribution is -0.274. The number of rotatable bonds is 5. The van der Waals surface area contributed by atoms with Crippen molar-refractivity contribution in [2.45, 2.75) is 20.2 Å². The van der Waals surface area contributed by atoms with Gasteiger partial charge in [0.1, 0.15) is 12.1 Å². The van der Waals surface area contributed by atoms with E-state index >= 15 is 0 Å². The van der Waals surface area contributed by atoms with Gasteiger partial charge >= 0.3 is 6.36 Å². The second kappa shape index (κ2) is 10.1. The van der Waals surface area contributed by atoms with Crippen LogP contribution >= 0.6 is 12.2 Å². The van der Waals surface area contributed by atoms with Gasteiger partial charge in [0, 0.05) is 23.0 Å². The Bertz CT molecular complexity index is 1660. The fourth-order valence-electron chi connectivity index (χ4n) is 3.98. The molecule has 0 bridgehead atoms. The third-order valence-electron chi connectivity index (χ3n) is 5.71. The van der Waals surface area contributed by atoms with E-state index in [4.69, 9.17) is 12.2 Å². The van der Waals surface area contributed by atoms with Gasteiger partial charge in [-0.1, -0.05) is 18.2 Å². The molecule has 0 radical (unpaired) electrons. The summed E-state index contributed by atoms with van der Waals surface area (Å²) in [7, 11) is 0. The molecule has 0 unspecified atom stereocenters. The van der Waals surface area contributed by atoms with E-state index in [1.165, 1.54) is 30.5 Å². The van der Waals surface area contributed by atoms with Crippen molar-refractivity contribution in [3.8, 4) is 11.4 Å². The van der Waals surface area contributed by atoms with Gasteiger partial charge in [0.15, 0.2) is 10.9 Å². The van der Waals surface area contributed by atoms with Crippen molar-refractivity contribution in [1.82, 2.24) is 24.9 Å². The predicted molar refractivity (Wildman–Crippen MR) is 144 cm³/mol. The number of thiocarbonyl (C=S) groups is 1. The first kappa shape index (κ1) is 25.1. The minimum absolute atomic E-state index is 0.296. The Balaban J connectivity index is 1.32. The van der Waals surface area contributed by atoms with E-state index in [0.29, 0.717) is 27.7 Å². The van der Waals surface area contributed by atoms with Crippen molar-refractivity contribution < 1.29 is 17.9 Å². The van der Waals surface area contributed by atoms with Gasteiger partial charge in [0.05, 0.1) is 22.8 Å². The highest BCUT2D eigenvalue weighted by Crippen LogP contribution is 2.27. The van der Waals surface area contributed by atoms with Crippen LogP contribution in [0.25, 0.3) is 27.6 Å². The molecule has 0 aliphatic rings. The van der Waals surface area contributed by atoms with Crippen molar-refractivity contribution in [2.75, 3.05) is 5.32 Å². The summed E-state index contributed by atoms with van der Waals surface area (Å²) < 4.78 is 43.0. The van der Waals surface area contributed by atoms with Gasteiger partial charge in [-0.3, -0.25) is 9.99 Å². The lowest BCUT2D eigenvalue weighted by atomic mass is 10.1. The van der Waals surface area contributed by atoms with Gasteiger partial charge in [-0.25, -0.2) is 15.0 Å². The summed E-state index contributed by atoms with van der Waals surface area (Å²) in [5.41, 5.74) is 8.52. The van der Waals surface area contributed by atoms with Crippen LogP contribution in [-0.4, -0.2) is 37.2 Å². The molecular weight excluding hydrogens is 515 g/mol. The van der Waals surface area contributed by atoms with Crippen LogP contribution in [0, 0.1) is 13.8 Å². The first-order valence-corrected chi connectivity index (χ1v) is 11.7. The van der Waals surface area contributed by atoms with E-state index < -0.39 is 6.36 Å². The number of fused-ring (bicyclic) bond motifs is 3. The summed E-state index contributed by atoms with van der Waals surface area (Å²) in [6, 6.07) is 15.2. The summed E-state index contributed by atoms with van der Waals surface area (Å²) in [5, 5.41) is 8.33. The molecule has 192 valence electrons. The van der Waals surface area contributed by atoms with Crippen LogP contribution in [0.2, 0.25) is 0 Å². The van der Waals surface area contributed by atoms with Gasteiger partial charge in [0.25, 0.3) is 0 Å². The average Bonchev–Trinajstić information content (AvgIpc) is 3.30. The number of anilines is 1. The van der Waals surface area contributed by atoms with Gasteiger partial charge in [-0.15, -0.1) is 13.2 Å². The summed E-state index contributed by atoms with van der Waals surface area (Å²) in [5.74, 6) is 0.0777. The highest BCUT2D eigenvalue weighted by Gasteiger charge is 2.31. The number of nitrogens with one attached hydrogen (secondary N) is 2. The SMILES string of the molecule is Cc1cccc(C)c1NC(=S)N/N=C/c1ncc2c(ccc3c2ncn3-c2ccc(OC(F)(F)F)cc2)n1. The van der Waals surface area contributed by atoms with Crippen molar-refractivity contribution in [3.63, 3.8) is 0 Å². The quantitative estimate of drug-likeness (QED) is 0.167. The molecule has 5 aromatic rings. The number of aromatic nitrogens is 4. The number of hydrazone groups is 1. The molecule has 0 amide bonds. The fourth-order valence-corrected chi connectivity index (χ4v) is 4.13. The Morgan fingerprint density at radius 2 is 1.76 bits per heavy atom. The molecule has 0 aliphatic carbocycles. The Morgan fingerprint density at radius 3 is 2.47 bits per heavy atom. The first-order valence-electron chi connectivity index (χ1n) is 11.3. The van der Waals surface area contributed by atoms with Crippen LogP contribution in [0.1, 0.15) is 17.0 Å². The van der Waals surface area contributed by atoms with E-state index in [-0.39, 0.29) is 5.75 Å². The molecule has 3 aromatic carbocycles. The maximum Gasteiger partial charge on any atom is 0.573 e. The largest absolute Gasteiger partial charge is 0.573 e. The summed E-state index contributed by atoms with van der Waals surface area (Å²) in [4.78, 5) is 13.4. The smallest absolute Gasteiger partial charge is 0.406 e. The molecule has 2 aromatic heterocycles. The number of hydrogen-bond donors (Lipinski definition) is 2. The average molecular weight is 536 g/mol. The summed E-state index contributed by atoms with van der Waals surface area (Å²) in [6.07, 6.45) is -0.0412. The molecule has 8 nitrogen and oxygen atoms in total. The second-order valence-corrected chi connectivity index (χ2v) is 8.75. The number of nitrogens with zero attached hydrogens (tertiary/aromatic N) is 5. The van der Waals surface area contributed by atoms with Crippen molar-refractivity contribution in [3.05, 3.63) is 84.1 Å². The molecule has 5 rings (SSSR count). The highest BCUT2D eigenvalue weighted by atomic mass is 32.1. The molecule has 0 spiro atoms. The van der Waals surface area contributed by atoms with E-state index in [1.807, 2.05) is 44.2 Å². The van der Waals surface area contributed by atoms with Crippen LogP contribution in [0.5, 0.6) is 5.75 Å². The van der Waals surface area contributed by atoms with Crippen LogP contribution < -0.4 is 15.5 Å². The Labute approximate surface area is 220 Å². The number of halogens is 3. The highest BCUT2D eigenvalue weighted by molar-refractivity contribution is 7.80. The first-order chi connectivity index (χ1) is 18.2. The number of imidazole rings is 1. The molecule has 2 heterocycles. The van der Waals surface area contributed by atoms with E-state index in [0.717, 1.165) is 27.7 Å². The van der Waals surface area contributed by atoms with E-state index in [1.54, 1.807) is 17.1 Å². The van der Waals surface area contributed by atoms with Crippen LogP contribution in [0.15, 0.2) is 72.2 Å². The summed E-state index contributed by atoms with van der Waals surface area (Å²) >= 11 is 5.33. The van der Waals surface area contributed by atoms with Gasteiger partial charge in [0.2, 0.25) is 0 Å². The molecule has 2 N–H and O–H groups in total. The minimum atomic E-state index is -4.75. The standard InChI is InChI=1S/C26H20F3N7OS/c1-15-4-3-5-16(2)23(15)34-25(38)35-32-13-22-30-12-19-20(33-22)10-11-21-24(19)31-14-36(21)17-6-8-18(9-7-17)37-26(27,28)29/h3-14H,1-2H3,(H2,34,35,38)/b32-13+. The fraction of sp³-hybridized carbons (Fsp3) is 0.115. The Morgan fingerprint density at radius 1 is 1.03 bits per heavy atom. The lowest BCUT2D eigenvalue weighted by Crippen LogP contribution is -2.24. The molecule has 0 fully saturated rings.